The van der Waals surface area contributed by atoms with Crippen molar-refractivity contribution in [3.05, 3.63) is 58.7 Å². The van der Waals surface area contributed by atoms with Gasteiger partial charge in [-0.2, -0.15) is 15.3 Å². The zero-order chi connectivity index (χ0) is 19.4. The number of hydrogen-bond donors (Lipinski definition) is 2. The Kier molecular flexibility index (Phi) is 5.13. The third-order valence-electron chi connectivity index (χ3n) is 3.99. The lowest BCUT2D eigenvalue weighted by atomic mass is 10.1. The van der Waals surface area contributed by atoms with E-state index in [0.717, 1.165) is 22.5 Å². The van der Waals surface area contributed by atoms with Crippen molar-refractivity contribution in [1.82, 2.24) is 5.01 Å². The maximum atomic E-state index is 8.90. The van der Waals surface area contributed by atoms with Crippen molar-refractivity contribution in [2.24, 2.45) is 26.1 Å². The van der Waals surface area contributed by atoms with Gasteiger partial charge in [-0.1, -0.05) is 22.9 Å². The predicted octanol–water partition coefficient (Wildman–Crippen LogP) is 3.54. The fourth-order valence-corrected chi connectivity index (χ4v) is 2.76. The van der Waals surface area contributed by atoms with Crippen LogP contribution in [-0.4, -0.2) is 23.6 Å². The molecule has 0 saturated carbocycles. The number of nitrogens with one attached hydrogen (secondary N) is 1. The summed E-state index contributed by atoms with van der Waals surface area (Å²) in [5.41, 5.74) is 11.2. The van der Waals surface area contributed by atoms with E-state index in [4.69, 9.17) is 11.0 Å². The number of rotatable bonds is 3. The minimum atomic E-state index is 0.167. The first-order chi connectivity index (χ1) is 13.0. The van der Waals surface area contributed by atoms with E-state index in [1.807, 2.05) is 13.8 Å². The number of aliphatic imine (C=N–C) groups is 2. The Balaban J connectivity index is 1.84. The molecular weight excluding hydrogens is 340 g/mol. The van der Waals surface area contributed by atoms with Crippen LogP contribution < -0.4 is 11.1 Å². The first-order valence-corrected chi connectivity index (χ1v) is 8.39. The highest BCUT2D eigenvalue weighted by molar-refractivity contribution is 6.02. The first-order valence-electron chi connectivity index (χ1n) is 8.39. The zero-order valence-corrected chi connectivity index (χ0v) is 15.4. The molecule has 0 spiro atoms. The van der Waals surface area contributed by atoms with Crippen LogP contribution in [0, 0.1) is 32.1 Å². The van der Waals surface area contributed by atoms with Crippen molar-refractivity contribution in [2.45, 2.75) is 20.8 Å². The van der Waals surface area contributed by atoms with Crippen LogP contribution in [0.25, 0.3) is 0 Å². The number of anilines is 1. The number of aryl methyl sites for hydroxylation is 3. The minimum absolute atomic E-state index is 0.167. The smallest absolute Gasteiger partial charge is 0.230 e. The van der Waals surface area contributed by atoms with Gasteiger partial charge in [-0.05, 0) is 56.2 Å². The quantitative estimate of drug-likeness (QED) is 0.815. The average molecular weight is 360 g/mol. The second-order valence-electron chi connectivity index (χ2n) is 6.24. The molecule has 1 aliphatic heterocycles. The summed E-state index contributed by atoms with van der Waals surface area (Å²) in [5, 5.41) is 22.3. The molecule has 0 bridgehead atoms. The van der Waals surface area contributed by atoms with E-state index in [-0.39, 0.29) is 12.6 Å². The van der Waals surface area contributed by atoms with E-state index in [9.17, 15) is 0 Å². The maximum Gasteiger partial charge on any atom is 0.230 e. The molecule has 3 N–H and O–H groups in total. The fraction of sp³-hybridized carbons (Fsp3) is 0.211. The van der Waals surface area contributed by atoms with Gasteiger partial charge in [-0.25, -0.2) is 4.99 Å². The number of benzene rings is 2. The lowest BCUT2D eigenvalue weighted by Crippen LogP contribution is -2.37. The molecule has 1 heterocycles. The van der Waals surface area contributed by atoms with Gasteiger partial charge in [0.15, 0.2) is 0 Å². The summed E-state index contributed by atoms with van der Waals surface area (Å²) in [6.07, 6.45) is 0. The third-order valence-corrected chi connectivity index (χ3v) is 3.99. The molecule has 2 aromatic rings. The van der Waals surface area contributed by atoms with Gasteiger partial charge in [0.25, 0.3) is 0 Å². The Morgan fingerprint density at radius 3 is 2.44 bits per heavy atom. The summed E-state index contributed by atoms with van der Waals surface area (Å²) in [7, 11) is 0. The van der Waals surface area contributed by atoms with Gasteiger partial charge >= 0.3 is 0 Å². The summed E-state index contributed by atoms with van der Waals surface area (Å²) >= 11 is 0. The topological polar surface area (TPSA) is 115 Å². The Hall–Kier alpha value is -3.73. The SMILES string of the molecule is Cc1cc(C)c(N=NN2CN=C(N)N=C2Nc2ccc(C#N)cc2)c(C)c1. The molecule has 0 unspecified atom stereocenters. The highest BCUT2D eigenvalue weighted by atomic mass is 15.6. The maximum absolute atomic E-state index is 8.90. The molecule has 0 fully saturated rings. The summed E-state index contributed by atoms with van der Waals surface area (Å²) in [6, 6.07) is 13.2. The van der Waals surface area contributed by atoms with Crippen molar-refractivity contribution >= 4 is 23.3 Å². The molecule has 8 nitrogen and oxygen atoms in total. The minimum Gasteiger partial charge on any atom is -0.368 e. The van der Waals surface area contributed by atoms with Crippen LogP contribution in [0.1, 0.15) is 22.3 Å². The first kappa shape index (κ1) is 18.1. The standard InChI is InChI=1S/C19H20N8/c1-12-8-13(2)17(14(3)9-12)25-26-27-11-22-18(21)24-19(27)23-16-6-4-15(10-20)5-7-16/h4-9H,11H2,1-3H3,(H3,21,22,23,24). The molecule has 0 aliphatic carbocycles. The molecule has 27 heavy (non-hydrogen) atoms. The molecule has 0 radical (unpaired) electrons. The Labute approximate surface area is 157 Å². The van der Waals surface area contributed by atoms with Crippen molar-refractivity contribution in [3.8, 4) is 6.07 Å². The molecule has 136 valence electrons. The summed E-state index contributed by atoms with van der Waals surface area (Å²) < 4.78 is 0. The molecule has 0 saturated heterocycles. The highest BCUT2D eigenvalue weighted by Gasteiger charge is 2.16. The summed E-state index contributed by atoms with van der Waals surface area (Å²) in [6.45, 7) is 6.27. The number of hydrogen-bond acceptors (Lipinski definition) is 7. The lowest BCUT2D eigenvalue weighted by Gasteiger charge is -2.22. The number of guanidine groups is 2. The summed E-state index contributed by atoms with van der Waals surface area (Å²) in [4.78, 5) is 8.31. The average Bonchev–Trinajstić information content (AvgIpc) is 2.63. The normalized spacial score (nSPS) is 13.9. The lowest BCUT2D eigenvalue weighted by molar-refractivity contribution is 0.425. The van der Waals surface area contributed by atoms with Crippen LogP contribution in [0.5, 0.6) is 0 Å². The molecule has 0 atom stereocenters. The van der Waals surface area contributed by atoms with Gasteiger partial charge in [-0.15, -0.1) is 5.11 Å². The number of nitriles is 1. The van der Waals surface area contributed by atoms with E-state index in [0.29, 0.717) is 11.5 Å². The molecule has 2 aromatic carbocycles. The van der Waals surface area contributed by atoms with Crippen LogP contribution in [0.4, 0.5) is 11.4 Å². The summed E-state index contributed by atoms with van der Waals surface area (Å²) in [5.74, 6) is 0.582. The van der Waals surface area contributed by atoms with Crippen LogP contribution in [0.3, 0.4) is 0 Å². The van der Waals surface area contributed by atoms with Crippen molar-refractivity contribution in [1.29, 1.82) is 5.26 Å². The van der Waals surface area contributed by atoms with Gasteiger partial charge in [0.1, 0.15) is 6.67 Å². The van der Waals surface area contributed by atoms with E-state index in [2.05, 4.69) is 50.8 Å². The van der Waals surface area contributed by atoms with Crippen LogP contribution in [-0.2, 0) is 0 Å². The fourth-order valence-electron chi connectivity index (χ4n) is 2.76. The van der Waals surface area contributed by atoms with Gasteiger partial charge < -0.3 is 11.1 Å². The molecule has 0 aromatic heterocycles. The largest absolute Gasteiger partial charge is 0.368 e. The molecule has 3 rings (SSSR count). The van der Waals surface area contributed by atoms with Crippen molar-refractivity contribution in [3.63, 3.8) is 0 Å². The van der Waals surface area contributed by atoms with E-state index < -0.39 is 0 Å². The van der Waals surface area contributed by atoms with Gasteiger partial charge in [0.05, 0.1) is 17.3 Å². The van der Waals surface area contributed by atoms with E-state index in [1.54, 1.807) is 24.3 Å². The van der Waals surface area contributed by atoms with Gasteiger partial charge in [0.2, 0.25) is 11.9 Å². The molecule has 0 amide bonds. The number of nitrogens with two attached hydrogens (primary N) is 1. The zero-order valence-electron chi connectivity index (χ0n) is 15.4. The van der Waals surface area contributed by atoms with Crippen molar-refractivity contribution in [2.75, 3.05) is 12.0 Å². The van der Waals surface area contributed by atoms with Gasteiger partial charge in [-0.3, -0.25) is 0 Å². The van der Waals surface area contributed by atoms with Crippen LogP contribution in [0.15, 0.2) is 56.7 Å². The molecular formula is C19H20N8. The predicted molar refractivity (Wildman–Crippen MR) is 106 cm³/mol. The van der Waals surface area contributed by atoms with Crippen LogP contribution in [0.2, 0.25) is 0 Å². The molecule has 8 heteroatoms. The van der Waals surface area contributed by atoms with Gasteiger partial charge in [0, 0.05) is 5.69 Å². The Morgan fingerprint density at radius 2 is 1.81 bits per heavy atom. The highest BCUT2D eigenvalue weighted by Crippen LogP contribution is 2.25. The van der Waals surface area contributed by atoms with E-state index in [1.165, 1.54) is 10.6 Å². The van der Waals surface area contributed by atoms with Crippen molar-refractivity contribution < 1.29 is 0 Å². The third kappa shape index (κ3) is 4.27. The number of nitrogens with zero attached hydrogens (tertiary/aromatic N) is 6. The van der Waals surface area contributed by atoms with Crippen LogP contribution >= 0.6 is 0 Å². The van der Waals surface area contributed by atoms with E-state index >= 15 is 0 Å². The molecule has 1 aliphatic rings. The second-order valence-corrected chi connectivity index (χ2v) is 6.24. The second kappa shape index (κ2) is 7.66. The monoisotopic (exact) mass is 360 g/mol. The Bertz CT molecular complexity index is 957. The Morgan fingerprint density at radius 1 is 1.15 bits per heavy atom.